The number of aromatic nitrogens is 3. The molecular weight excluding hydrogens is 562 g/mol. The van der Waals surface area contributed by atoms with Crippen LogP contribution in [0.1, 0.15) is 6.92 Å². The van der Waals surface area contributed by atoms with E-state index in [9.17, 15) is 0 Å². The minimum Gasteiger partial charge on any atom is -0.297 e. The fraction of sp³-hybridized carbons (Fsp3) is 0.0244. The lowest BCUT2D eigenvalue weighted by Gasteiger charge is -2.13. The van der Waals surface area contributed by atoms with Crippen molar-refractivity contribution in [3.63, 3.8) is 0 Å². The maximum atomic E-state index is 5.39. The average Bonchev–Trinajstić information content (AvgIpc) is 3.74. The molecule has 218 valence electrons. The number of benzene rings is 6. The Hall–Kier alpha value is -6.20. The number of aliphatic imine (C=N–C) groups is 2. The van der Waals surface area contributed by atoms with Crippen molar-refractivity contribution in [1.82, 2.24) is 13.7 Å². The van der Waals surface area contributed by atoms with Gasteiger partial charge in [-0.15, -0.1) is 0 Å². The Balaban J connectivity index is 1.35. The standard InChI is InChI=1S/C41H29N5/c1-27(44-35-21-9-3-15-29(35)30-16-4-10-22-36(30)44)42-41(46-39-25-13-7-19-33(39)34-20-8-14-26-40(34)46)43-28(2)45-37-23-11-5-17-31(37)32-18-6-12-24-38(32)45/h3-26H,1H2,2H3. The molecule has 0 unspecified atom stereocenters. The zero-order valence-corrected chi connectivity index (χ0v) is 25.3. The van der Waals surface area contributed by atoms with Crippen LogP contribution in [0.5, 0.6) is 0 Å². The Morgan fingerprint density at radius 1 is 0.391 bits per heavy atom. The van der Waals surface area contributed by atoms with Gasteiger partial charge in [-0.1, -0.05) is 116 Å². The second-order valence-electron chi connectivity index (χ2n) is 11.6. The molecule has 0 bridgehead atoms. The van der Waals surface area contributed by atoms with Crippen LogP contribution in [-0.2, 0) is 0 Å². The number of rotatable bonds is 2. The van der Waals surface area contributed by atoms with Gasteiger partial charge in [0.05, 0.1) is 33.1 Å². The Morgan fingerprint density at radius 2 is 0.674 bits per heavy atom. The Labute approximate surface area is 265 Å². The quantitative estimate of drug-likeness (QED) is 0.142. The summed E-state index contributed by atoms with van der Waals surface area (Å²) in [5, 5.41) is 7.02. The van der Waals surface area contributed by atoms with Crippen molar-refractivity contribution in [2.24, 2.45) is 9.98 Å². The minimum absolute atomic E-state index is 0.545. The van der Waals surface area contributed by atoms with Crippen LogP contribution in [0.2, 0.25) is 0 Å². The Kier molecular flexibility index (Phi) is 5.80. The monoisotopic (exact) mass is 591 g/mol. The first kappa shape index (κ1) is 26.2. The van der Waals surface area contributed by atoms with Gasteiger partial charge in [0.1, 0.15) is 11.7 Å². The highest BCUT2D eigenvalue weighted by Crippen LogP contribution is 2.34. The van der Waals surface area contributed by atoms with Crippen LogP contribution in [0.4, 0.5) is 0 Å². The first-order valence-corrected chi connectivity index (χ1v) is 15.5. The van der Waals surface area contributed by atoms with Crippen LogP contribution < -0.4 is 0 Å². The molecule has 0 saturated carbocycles. The molecule has 0 aliphatic rings. The van der Waals surface area contributed by atoms with E-state index in [1.54, 1.807) is 0 Å². The number of hydrogen-bond donors (Lipinski definition) is 0. The summed E-state index contributed by atoms with van der Waals surface area (Å²) in [4.78, 5) is 10.7. The predicted octanol–water partition coefficient (Wildman–Crippen LogP) is 10.3. The lowest BCUT2D eigenvalue weighted by atomic mass is 10.2. The summed E-state index contributed by atoms with van der Waals surface area (Å²) in [6.07, 6.45) is 0. The summed E-state index contributed by atoms with van der Waals surface area (Å²) < 4.78 is 6.54. The van der Waals surface area contributed by atoms with Gasteiger partial charge in [-0.2, -0.15) is 9.98 Å². The van der Waals surface area contributed by atoms with E-state index in [0.717, 1.165) is 60.5 Å². The van der Waals surface area contributed by atoms with Crippen LogP contribution in [0, 0.1) is 0 Å². The summed E-state index contributed by atoms with van der Waals surface area (Å²) in [5.74, 6) is 1.95. The summed E-state index contributed by atoms with van der Waals surface area (Å²) in [6, 6.07) is 50.8. The molecule has 9 aromatic rings. The first-order valence-electron chi connectivity index (χ1n) is 15.5. The van der Waals surface area contributed by atoms with Crippen LogP contribution in [-0.4, -0.2) is 25.5 Å². The number of fused-ring (bicyclic) bond motifs is 9. The predicted molar refractivity (Wildman–Crippen MR) is 195 cm³/mol. The third-order valence-electron chi connectivity index (χ3n) is 9.01. The molecule has 3 heterocycles. The smallest absolute Gasteiger partial charge is 0.238 e. The van der Waals surface area contributed by atoms with Crippen molar-refractivity contribution < 1.29 is 0 Å². The van der Waals surface area contributed by atoms with Crippen molar-refractivity contribution in [2.75, 3.05) is 0 Å². The molecule has 0 saturated heterocycles. The highest BCUT2D eigenvalue weighted by atomic mass is 15.3. The van der Waals surface area contributed by atoms with Crippen molar-refractivity contribution in [3.8, 4) is 0 Å². The van der Waals surface area contributed by atoms with E-state index >= 15 is 0 Å². The Bertz CT molecular complexity index is 2570. The van der Waals surface area contributed by atoms with Gasteiger partial charge in [-0.25, -0.2) is 0 Å². The van der Waals surface area contributed by atoms with Crippen LogP contribution in [0.15, 0.2) is 162 Å². The van der Waals surface area contributed by atoms with Gasteiger partial charge in [0, 0.05) is 32.3 Å². The highest BCUT2D eigenvalue weighted by molar-refractivity contribution is 6.18. The zero-order valence-electron chi connectivity index (χ0n) is 25.3. The first-order chi connectivity index (χ1) is 22.7. The van der Waals surface area contributed by atoms with Crippen molar-refractivity contribution in [2.45, 2.75) is 6.92 Å². The van der Waals surface area contributed by atoms with E-state index in [1.807, 2.05) is 0 Å². The van der Waals surface area contributed by atoms with Gasteiger partial charge >= 0.3 is 0 Å². The number of hydrogen-bond acceptors (Lipinski definition) is 1. The molecule has 5 heteroatoms. The lowest BCUT2D eigenvalue weighted by molar-refractivity contribution is 1.13. The molecule has 0 amide bonds. The average molecular weight is 592 g/mol. The molecule has 46 heavy (non-hydrogen) atoms. The molecule has 0 spiro atoms. The Morgan fingerprint density at radius 3 is 1.02 bits per heavy atom. The van der Waals surface area contributed by atoms with E-state index in [2.05, 4.69) is 173 Å². The normalized spacial score (nSPS) is 12.8. The maximum absolute atomic E-state index is 5.39. The van der Waals surface area contributed by atoms with Gasteiger partial charge in [-0.05, 0) is 43.3 Å². The SMILES string of the molecule is C=C(N=C(N=C(C)n1c2ccccc2c2ccccc21)n1c2ccccc2c2ccccc21)n1c2ccccc2c2ccccc21. The second-order valence-corrected chi connectivity index (χ2v) is 11.6. The molecule has 0 aliphatic carbocycles. The summed E-state index contributed by atoms with van der Waals surface area (Å²) in [7, 11) is 0. The van der Waals surface area contributed by atoms with Gasteiger partial charge in [0.25, 0.3) is 0 Å². The molecule has 6 aromatic carbocycles. The van der Waals surface area contributed by atoms with Crippen LogP contribution >= 0.6 is 0 Å². The zero-order chi connectivity index (χ0) is 30.8. The van der Waals surface area contributed by atoms with Gasteiger partial charge in [-0.3, -0.25) is 13.7 Å². The van der Waals surface area contributed by atoms with E-state index in [-0.39, 0.29) is 0 Å². The van der Waals surface area contributed by atoms with E-state index in [0.29, 0.717) is 11.8 Å². The van der Waals surface area contributed by atoms with Crippen molar-refractivity contribution >= 4 is 83.0 Å². The summed E-state index contributed by atoms with van der Waals surface area (Å²) in [6.45, 7) is 6.62. The largest absolute Gasteiger partial charge is 0.297 e. The molecule has 3 aromatic heterocycles. The third kappa shape index (κ3) is 3.82. The summed E-state index contributed by atoms with van der Waals surface area (Å²) in [5.41, 5.74) is 6.40. The topological polar surface area (TPSA) is 39.5 Å². The molecule has 0 fully saturated rings. The molecule has 0 atom stereocenters. The number of nitrogens with zero attached hydrogens (tertiary/aromatic N) is 5. The van der Waals surface area contributed by atoms with E-state index in [1.165, 1.54) is 10.8 Å². The van der Waals surface area contributed by atoms with E-state index < -0.39 is 0 Å². The molecule has 9 rings (SSSR count). The van der Waals surface area contributed by atoms with Crippen LogP contribution in [0.25, 0.3) is 71.2 Å². The number of para-hydroxylation sites is 6. The fourth-order valence-electron chi connectivity index (χ4n) is 7.09. The molecule has 0 N–H and O–H groups in total. The van der Waals surface area contributed by atoms with Gasteiger partial charge < -0.3 is 0 Å². The molecule has 5 nitrogen and oxygen atoms in total. The van der Waals surface area contributed by atoms with Crippen LogP contribution in [0.3, 0.4) is 0 Å². The second kappa shape index (κ2) is 10.2. The third-order valence-corrected chi connectivity index (χ3v) is 9.01. The van der Waals surface area contributed by atoms with Gasteiger partial charge in [0.15, 0.2) is 0 Å². The lowest BCUT2D eigenvalue weighted by Crippen LogP contribution is -2.16. The molecular formula is C41H29N5. The maximum Gasteiger partial charge on any atom is 0.238 e. The van der Waals surface area contributed by atoms with E-state index in [4.69, 9.17) is 9.98 Å². The molecule has 0 radical (unpaired) electrons. The van der Waals surface area contributed by atoms with Gasteiger partial charge in [0.2, 0.25) is 5.96 Å². The van der Waals surface area contributed by atoms with Crippen molar-refractivity contribution in [1.29, 1.82) is 0 Å². The highest BCUT2D eigenvalue weighted by Gasteiger charge is 2.19. The molecule has 0 aliphatic heterocycles. The fourth-order valence-corrected chi connectivity index (χ4v) is 7.09. The van der Waals surface area contributed by atoms with Crippen molar-refractivity contribution in [3.05, 3.63) is 152 Å². The minimum atomic E-state index is 0.545. The summed E-state index contributed by atoms with van der Waals surface area (Å²) >= 11 is 0.